The fraction of sp³-hybridized carbons (Fsp3) is 0.535. The quantitative estimate of drug-likeness (QED) is 0.0216. The molecule has 0 bridgehead atoms. The van der Waals surface area contributed by atoms with Crippen molar-refractivity contribution in [3.8, 4) is 0 Å². The Morgan fingerprint density at radius 3 is 1.77 bits per heavy atom. The largest absolute Gasteiger partial charge is 0.472 e. The first-order valence-corrected chi connectivity index (χ1v) is 21.0. The zero-order valence-corrected chi connectivity index (χ0v) is 33.3. The first kappa shape index (κ1) is 49.7. The molecule has 0 aromatic carbocycles. The Hall–Kier alpha value is -3.33. The summed E-state index contributed by atoms with van der Waals surface area (Å²) in [7, 11) is -4.41. The summed E-state index contributed by atoms with van der Waals surface area (Å²) in [5.41, 5.74) is 5.32. The highest BCUT2D eigenvalue weighted by atomic mass is 31.2. The van der Waals surface area contributed by atoms with Gasteiger partial charge in [-0.3, -0.25) is 18.6 Å². The average molecular weight is 758 g/mol. The Morgan fingerprint density at radius 2 is 1.15 bits per heavy atom. The van der Waals surface area contributed by atoms with Crippen LogP contribution in [-0.2, 0) is 32.7 Å². The number of hydrogen-bond donors (Lipinski definition) is 2. The average Bonchev–Trinajstić information content (AvgIpc) is 3.14. The molecule has 0 aliphatic heterocycles. The molecule has 0 aliphatic carbocycles. The van der Waals surface area contributed by atoms with Gasteiger partial charge in [-0.25, -0.2) is 4.57 Å². The predicted molar refractivity (Wildman–Crippen MR) is 219 cm³/mol. The Bertz CT molecular complexity index is 1230. The van der Waals surface area contributed by atoms with E-state index in [2.05, 4.69) is 38.2 Å². The number of hydrogen-bond acceptors (Lipinski definition) is 8. The van der Waals surface area contributed by atoms with Crippen LogP contribution in [0.15, 0.2) is 109 Å². The highest BCUT2D eigenvalue weighted by Gasteiger charge is 2.25. The van der Waals surface area contributed by atoms with Crippen molar-refractivity contribution in [2.75, 3.05) is 26.4 Å². The Balaban J connectivity index is 4.43. The molecule has 0 saturated carbocycles. The maximum Gasteiger partial charge on any atom is 0.472 e. The lowest BCUT2D eigenvalue weighted by molar-refractivity contribution is -0.161. The summed E-state index contributed by atoms with van der Waals surface area (Å²) in [5, 5.41) is 0. The van der Waals surface area contributed by atoms with Gasteiger partial charge < -0.3 is 20.1 Å². The van der Waals surface area contributed by atoms with Crippen LogP contribution in [-0.4, -0.2) is 49.3 Å². The van der Waals surface area contributed by atoms with Gasteiger partial charge in [0.2, 0.25) is 0 Å². The smallest absolute Gasteiger partial charge is 0.462 e. The minimum absolute atomic E-state index is 0.0322. The second-order valence-electron chi connectivity index (χ2n) is 12.2. The molecule has 10 heteroatoms. The van der Waals surface area contributed by atoms with Gasteiger partial charge in [0.25, 0.3) is 0 Å². The molecule has 298 valence electrons. The van der Waals surface area contributed by atoms with Crippen LogP contribution < -0.4 is 5.73 Å². The molecule has 53 heavy (non-hydrogen) atoms. The minimum Gasteiger partial charge on any atom is -0.462 e. The van der Waals surface area contributed by atoms with E-state index in [1.165, 1.54) is 38.5 Å². The van der Waals surface area contributed by atoms with E-state index in [9.17, 15) is 19.0 Å². The SMILES string of the molecule is CC/C=C/C=C/C=C/C=C/C=C/C=C/C=C/CCCCCC(=O)OCC(COP(=O)(O)OCCN)OC(=O)CC/C=C/C/C=C/CCCCCCCC. The molecule has 0 aromatic rings. The number of nitrogens with two attached hydrogens (primary N) is 1. The summed E-state index contributed by atoms with van der Waals surface area (Å²) in [6, 6.07) is 0. The van der Waals surface area contributed by atoms with E-state index < -0.39 is 32.5 Å². The van der Waals surface area contributed by atoms with E-state index in [-0.39, 0.29) is 32.6 Å². The second kappa shape index (κ2) is 38.4. The van der Waals surface area contributed by atoms with Crippen LogP contribution >= 0.6 is 7.82 Å². The van der Waals surface area contributed by atoms with Crippen LogP contribution in [0.4, 0.5) is 0 Å². The van der Waals surface area contributed by atoms with Gasteiger partial charge in [0.1, 0.15) is 6.61 Å². The summed E-state index contributed by atoms with van der Waals surface area (Å²) in [4.78, 5) is 34.7. The first-order chi connectivity index (χ1) is 25.8. The van der Waals surface area contributed by atoms with Gasteiger partial charge in [0, 0.05) is 19.4 Å². The summed E-state index contributed by atoms with van der Waals surface area (Å²) < 4.78 is 32.5. The number of phosphoric acid groups is 1. The number of carbonyl (C=O) groups is 2. The standard InChI is InChI=1S/C43H68NO8P/c1-3-5-7-9-11-13-15-17-18-19-20-21-22-24-25-27-29-31-33-35-42(45)49-39-41(40-51-53(47,48)50-38-37-44)52-43(46)36-34-32-30-28-26-23-16-14-12-10-8-6-4-2/h5,7,9,11,13,15,17-26,30,32,41H,3-4,6,8,10,12,14,16,27-29,31,33-40,44H2,1-2H3,(H,47,48)/b7-5+,11-9+,15-13+,18-17+,20-19+,22-21+,25-24+,26-23+,32-30+. The van der Waals surface area contributed by atoms with Gasteiger partial charge in [0.05, 0.1) is 13.2 Å². The number of ether oxygens (including phenoxy) is 2. The number of rotatable bonds is 34. The highest BCUT2D eigenvalue weighted by Crippen LogP contribution is 2.43. The van der Waals surface area contributed by atoms with Crippen molar-refractivity contribution < 1.29 is 37.6 Å². The maximum absolute atomic E-state index is 12.5. The fourth-order valence-electron chi connectivity index (χ4n) is 4.49. The minimum atomic E-state index is -4.41. The molecule has 0 aliphatic rings. The fourth-order valence-corrected chi connectivity index (χ4v) is 5.26. The molecule has 0 radical (unpaired) electrons. The van der Waals surface area contributed by atoms with Crippen LogP contribution in [0.2, 0.25) is 0 Å². The summed E-state index contributed by atoms with van der Waals surface area (Å²) in [6.45, 7) is 3.41. The first-order valence-electron chi connectivity index (χ1n) is 19.5. The van der Waals surface area contributed by atoms with Crippen LogP contribution in [0, 0.1) is 0 Å². The number of allylic oxidation sites excluding steroid dienone is 18. The maximum atomic E-state index is 12.5. The third-order valence-electron chi connectivity index (χ3n) is 7.35. The number of unbranched alkanes of at least 4 members (excludes halogenated alkanes) is 9. The van der Waals surface area contributed by atoms with Crippen LogP contribution in [0.3, 0.4) is 0 Å². The van der Waals surface area contributed by atoms with Crippen molar-refractivity contribution in [1.82, 2.24) is 0 Å². The van der Waals surface area contributed by atoms with Crippen LogP contribution in [0.5, 0.6) is 0 Å². The number of phosphoric ester groups is 1. The lowest BCUT2D eigenvalue weighted by atomic mass is 10.1. The monoisotopic (exact) mass is 757 g/mol. The van der Waals surface area contributed by atoms with E-state index in [4.69, 9.17) is 24.3 Å². The number of carbonyl (C=O) groups excluding carboxylic acids is 2. The zero-order chi connectivity index (χ0) is 38.9. The molecule has 0 aromatic heterocycles. The van der Waals surface area contributed by atoms with Gasteiger partial charge in [0.15, 0.2) is 6.10 Å². The molecule has 2 unspecified atom stereocenters. The molecule has 2 atom stereocenters. The molecule has 9 nitrogen and oxygen atoms in total. The van der Waals surface area contributed by atoms with E-state index in [0.29, 0.717) is 12.8 Å². The van der Waals surface area contributed by atoms with Gasteiger partial charge >= 0.3 is 19.8 Å². The zero-order valence-electron chi connectivity index (χ0n) is 32.4. The summed E-state index contributed by atoms with van der Waals surface area (Å²) in [5.74, 6) is -0.975. The molecular formula is C43H68NO8P. The van der Waals surface area contributed by atoms with E-state index in [0.717, 1.165) is 38.5 Å². The molecular weight excluding hydrogens is 689 g/mol. The predicted octanol–water partition coefficient (Wildman–Crippen LogP) is 10.8. The van der Waals surface area contributed by atoms with E-state index >= 15 is 0 Å². The summed E-state index contributed by atoms with van der Waals surface area (Å²) in [6.07, 6.45) is 49.9. The van der Waals surface area contributed by atoms with Gasteiger partial charge in [-0.15, -0.1) is 0 Å². The van der Waals surface area contributed by atoms with Gasteiger partial charge in [-0.05, 0) is 51.4 Å². The highest BCUT2D eigenvalue weighted by molar-refractivity contribution is 7.47. The van der Waals surface area contributed by atoms with Crippen LogP contribution in [0.25, 0.3) is 0 Å². The molecule has 0 amide bonds. The Kier molecular flexibility index (Phi) is 36.0. The third-order valence-corrected chi connectivity index (χ3v) is 8.34. The molecule has 0 spiro atoms. The van der Waals surface area contributed by atoms with Crippen molar-refractivity contribution in [2.24, 2.45) is 5.73 Å². The van der Waals surface area contributed by atoms with E-state index in [1.54, 1.807) is 0 Å². The number of esters is 2. The van der Waals surface area contributed by atoms with E-state index in [1.807, 2.05) is 85.1 Å². The molecule has 0 fully saturated rings. The normalized spacial score (nSPS) is 14.6. The van der Waals surface area contributed by atoms with Crippen molar-refractivity contribution in [3.05, 3.63) is 109 Å². The molecule has 0 rings (SSSR count). The molecule has 0 saturated heterocycles. The lowest BCUT2D eigenvalue weighted by Gasteiger charge is -2.19. The Labute approximate surface area is 320 Å². The van der Waals surface area contributed by atoms with Gasteiger partial charge in [-0.2, -0.15) is 0 Å². The third kappa shape index (κ3) is 38.2. The molecule has 3 N–H and O–H groups in total. The topological polar surface area (TPSA) is 134 Å². The van der Waals surface area contributed by atoms with Crippen molar-refractivity contribution in [2.45, 2.75) is 123 Å². The van der Waals surface area contributed by atoms with Gasteiger partial charge in [-0.1, -0.05) is 162 Å². The second-order valence-corrected chi connectivity index (χ2v) is 13.7. The van der Waals surface area contributed by atoms with Crippen LogP contribution in [0.1, 0.15) is 117 Å². The Morgan fingerprint density at radius 1 is 0.604 bits per heavy atom. The van der Waals surface area contributed by atoms with Crippen molar-refractivity contribution in [1.29, 1.82) is 0 Å². The lowest BCUT2D eigenvalue weighted by Crippen LogP contribution is -2.29. The van der Waals surface area contributed by atoms with Crippen molar-refractivity contribution >= 4 is 19.8 Å². The van der Waals surface area contributed by atoms with Crippen molar-refractivity contribution in [3.63, 3.8) is 0 Å². The molecule has 0 heterocycles. The summed E-state index contributed by atoms with van der Waals surface area (Å²) >= 11 is 0.